The van der Waals surface area contributed by atoms with Crippen molar-refractivity contribution in [1.29, 1.82) is 0 Å². The summed E-state index contributed by atoms with van der Waals surface area (Å²) >= 11 is 1.62. The van der Waals surface area contributed by atoms with Crippen LogP contribution in [-0.2, 0) is 6.42 Å². The Morgan fingerprint density at radius 2 is 1.55 bits per heavy atom. The molecule has 2 N–H and O–H groups in total. The minimum Gasteiger partial charge on any atom is -0.330 e. The fourth-order valence-corrected chi connectivity index (χ4v) is 3.02. The molecule has 3 aromatic rings. The van der Waals surface area contributed by atoms with Crippen LogP contribution in [0, 0.1) is 0 Å². The van der Waals surface area contributed by atoms with E-state index in [2.05, 4.69) is 34.5 Å². The van der Waals surface area contributed by atoms with Gasteiger partial charge in [0.2, 0.25) is 0 Å². The topological polar surface area (TPSA) is 51.8 Å². The third kappa shape index (κ3) is 2.61. The van der Waals surface area contributed by atoms with E-state index in [1.807, 2.05) is 30.3 Å². The average Bonchev–Trinajstić information content (AvgIpc) is 2.97. The van der Waals surface area contributed by atoms with Crippen molar-refractivity contribution in [3.8, 4) is 21.7 Å². The second-order valence-corrected chi connectivity index (χ2v) is 5.51. The molecule has 0 spiro atoms. The molecule has 0 saturated heterocycles. The molecule has 0 aliphatic heterocycles. The summed E-state index contributed by atoms with van der Waals surface area (Å²) in [5.41, 5.74) is 9.07. The molecule has 0 aliphatic carbocycles. The molecule has 100 valence electrons. The van der Waals surface area contributed by atoms with Crippen LogP contribution in [-0.4, -0.2) is 16.7 Å². The van der Waals surface area contributed by atoms with Crippen molar-refractivity contribution in [1.82, 2.24) is 10.2 Å². The van der Waals surface area contributed by atoms with E-state index in [4.69, 9.17) is 5.73 Å². The van der Waals surface area contributed by atoms with Gasteiger partial charge in [-0.2, -0.15) is 0 Å². The van der Waals surface area contributed by atoms with Crippen LogP contribution in [0.5, 0.6) is 0 Å². The van der Waals surface area contributed by atoms with Crippen LogP contribution < -0.4 is 5.73 Å². The number of aromatic nitrogens is 2. The maximum atomic E-state index is 5.57. The predicted molar refractivity (Wildman–Crippen MR) is 83.5 cm³/mol. The second-order valence-electron chi connectivity index (χ2n) is 4.45. The van der Waals surface area contributed by atoms with E-state index in [1.165, 1.54) is 11.1 Å². The molecule has 0 atom stereocenters. The lowest BCUT2D eigenvalue weighted by atomic mass is 10.0. The van der Waals surface area contributed by atoms with Crippen molar-refractivity contribution in [3.05, 3.63) is 59.6 Å². The first-order valence-electron chi connectivity index (χ1n) is 6.56. The number of nitrogens with zero attached hydrogens (tertiary/aromatic N) is 2. The van der Waals surface area contributed by atoms with E-state index < -0.39 is 0 Å². The summed E-state index contributed by atoms with van der Waals surface area (Å²) in [5.74, 6) is 0. The molecule has 3 rings (SSSR count). The highest BCUT2D eigenvalue weighted by molar-refractivity contribution is 7.14. The Balaban J connectivity index is 2.05. The Morgan fingerprint density at radius 3 is 2.30 bits per heavy atom. The van der Waals surface area contributed by atoms with Crippen LogP contribution in [0.2, 0.25) is 0 Å². The van der Waals surface area contributed by atoms with Gasteiger partial charge in [-0.1, -0.05) is 65.9 Å². The zero-order valence-electron chi connectivity index (χ0n) is 11.0. The van der Waals surface area contributed by atoms with Gasteiger partial charge in [0, 0.05) is 12.0 Å². The minimum atomic E-state index is 0.606. The van der Waals surface area contributed by atoms with Gasteiger partial charge < -0.3 is 5.73 Å². The van der Waals surface area contributed by atoms with Gasteiger partial charge in [0.15, 0.2) is 0 Å². The van der Waals surface area contributed by atoms with E-state index in [-0.39, 0.29) is 0 Å². The van der Waals surface area contributed by atoms with Gasteiger partial charge in [-0.15, -0.1) is 10.2 Å². The number of rotatable bonds is 4. The molecule has 0 bridgehead atoms. The minimum absolute atomic E-state index is 0.606. The van der Waals surface area contributed by atoms with Crippen molar-refractivity contribution in [3.63, 3.8) is 0 Å². The van der Waals surface area contributed by atoms with Crippen LogP contribution >= 0.6 is 11.3 Å². The van der Waals surface area contributed by atoms with Gasteiger partial charge in [0.25, 0.3) is 0 Å². The number of hydrogen-bond donors (Lipinski definition) is 1. The van der Waals surface area contributed by atoms with Crippen molar-refractivity contribution in [2.24, 2.45) is 5.73 Å². The molecule has 0 unspecified atom stereocenters. The molecule has 0 radical (unpaired) electrons. The standard InChI is InChI=1S/C16H15N3S/c17-11-10-15-18-19-16(20-15)14-9-5-4-8-13(14)12-6-2-1-3-7-12/h1-9H,10-11,17H2. The summed E-state index contributed by atoms with van der Waals surface area (Å²) in [7, 11) is 0. The average molecular weight is 281 g/mol. The Labute approximate surface area is 122 Å². The van der Waals surface area contributed by atoms with Gasteiger partial charge in [0.1, 0.15) is 10.0 Å². The maximum absolute atomic E-state index is 5.57. The molecule has 1 heterocycles. The molecule has 3 nitrogen and oxygen atoms in total. The van der Waals surface area contributed by atoms with E-state index in [9.17, 15) is 0 Å². The summed E-state index contributed by atoms with van der Waals surface area (Å²) < 4.78 is 0. The lowest BCUT2D eigenvalue weighted by Crippen LogP contribution is -2.01. The molecule has 1 aromatic heterocycles. The normalized spacial score (nSPS) is 10.7. The van der Waals surface area contributed by atoms with Gasteiger partial charge >= 0.3 is 0 Å². The Kier molecular flexibility index (Phi) is 3.85. The number of benzene rings is 2. The van der Waals surface area contributed by atoms with Crippen LogP contribution in [0.25, 0.3) is 21.7 Å². The Hall–Kier alpha value is -2.04. The summed E-state index contributed by atoms with van der Waals surface area (Å²) in [6.45, 7) is 0.606. The largest absolute Gasteiger partial charge is 0.330 e. The summed E-state index contributed by atoms with van der Waals surface area (Å²) in [6.07, 6.45) is 0.783. The summed E-state index contributed by atoms with van der Waals surface area (Å²) in [6, 6.07) is 18.6. The first kappa shape index (κ1) is 13.0. The predicted octanol–water partition coefficient (Wildman–Crippen LogP) is 3.37. The third-order valence-corrected chi connectivity index (χ3v) is 4.08. The van der Waals surface area contributed by atoms with Gasteiger partial charge in [-0.25, -0.2) is 0 Å². The van der Waals surface area contributed by atoms with Gasteiger partial charge in [-0.05, 0) is 17.7 Å². The summed E-state index contributed by atoms with van der Waals surface area (Å²) in [4.78, 5) is 0. The van der Waals surface area contributed by atoms with Gasteiger partial charge in [-0.3, -0.25) is 0 Å². The van der Waals surface area contributed by atoms with Crippen LogP contribution in [0.3, 0.4) is 0 Å². The fourth-order valence-electron chi connectivity index (χ4n) is 2.13. The van der Waals surface area contributed by atoms with Crippen molar-refractivity contribution in [2.45, 2.75) is 6.42 Å². The number of nitrogens with two attached hydrogens (primary N) is 1. The van der Waals surface area contributed by atoms with Crippen molar-refractivity contribution in [2.75, 3.05) is 6.54 Å². The monoisotopic (exact) mass is 281 g/mol. The second kappa shape index (κ2) is 5.94. The highest BCUT2D eigenvalue weighted by atomic mass is 32.1. The van der Waals surface area contributed by atoms with Crippen LogP contribution in [0.15, 0.2) is 54.6 Å². The van der Waals surface area contributed by atoms with Crippen molar-refractivity contribution < 1.29 is 0 Å². The lowest BCUT2D eigenvalue weighted by Gasteiger charge is -2.06. The zero-order valence-corrected chi connectivity index (χ0v) is 11.8. The highest BCUT2D eigenvalue weighted by Gasteiger charge is 2.11. The van der Waals surface area contributed by atoms with E-state index in [0.29, 0.717) is 6.54 Å². The third-order valence-electron chi connectivity index (χ3n) is 3.07. The maximum Gasteiger partial charge on any atom is 0.148 e. The highest BCUT2D eigenvalue weighted by Crippen LogP contribution is 2.33. The van der Waals surface area contributed by atoms with E-state index >= 15 is 0 Å². The molecule has 20 heavy (non-hydrogen) atoms. The Morgan fingerprint density at radius 1 is 0.850 bits per heavy atom. The summed E-state index contributed by atoms with van der Waals surface area (Å²) in [5, 5.41) is 10.5. The molecular formula is C16H15N3S. The van der Waals surface area contributed by atoms with Crippen LogP contribution in [0.1, 0.15) is 5.01 Å². The smallest absolute Gasteiger partial charge is 0.148 e. The Bertz CT molecular complexity index is 692. The quantitative estimate of drug-likeness (QED) is 0.797. The first-order chi connectivity index (χ1) is 9.88. The molecule has 4 heteroatoms. The number of hydrogen-bond acceptors (Lipinski definition) is 4. The SMILES string of the molecule is NCCc1nnc(-c2ccccc2-c2ccccc2)s1. The van der Waals surface area contributed by atoms with E-state index in [1.54, 1.807) is 11.3 Å². The van der Waals surface area contributed by atoms with Crippen molar-refractivity contribution >= 4 is 11.3 Å². The molecule has 0 saturated carbocycles. The van der Waals surface area contributed by atoms with Gasteiger partial charge in [0.05, 0.1) is 0 Å². The first-order valence-corrected chi connectivity index (χ1v) is 7.37. The molecule has 2 aromatic carbocycles. The molecule has 0 fully saturated rings. The molecule has 0 amide bonds. The molecule has 0 aliphatic rings. The zero-order chi connectivity index (χ0) is 13.8. The lowest BCUT2D eigenvalue weighted by molar-refractivity contribution is 0.913. The van der Waals surface area contributed by atoms with Crippen LogP contribution in [0.4, 0.5) is 0 Å². The van der Waals surface area contributed by atoms with E-state index in [0.717, 1.165) is 22.0 Å². The fraction of sp³-hybridized carbons (Fsp3) is 0.125. The molecular weight excluding hydrogens is 266 g/mol.